The molecule has 4 heteroatoms. The van der Waals surface area contributed by atoms with Crippen LogP contribution in [0.4, 0.5) is 0 Å². The smallest absolute Gasteiger partial charge is 0.118 e. The van der Waals surface area contributed by atoms with Crippen LogP contribution in [0.2, 0.25) is 0 Å². The van der Waals surface area contributed by atoms with Gasteiger partial charge < -0.3 is 10.1 Å². The van der Waals surface area contributed by atoms with Gasteiger partial charge >= 0.3 is 0 Å². The summed E-state index contributed by atoms with van der Waals surface area (Å²) in [5.41, 5.74) is 2.40. The van der Waals surface area contributed by atoms with Crippen molar-refractivity contribution in [3.05, 3.63) is 62.5 Å². The monoisotopic (exact) mass is 383 g/mol. The van der Waals surface area contributed by atoms with Crippen LogP contribution in [0.5, 0.6) is 5.75 Å². The maximum atomic E-state index is 5.19. The summed E-state index contributed by atoms with van der Waals surface area (Å²) in [6.07, 6.45) is 0. The molecule has 0 aliphatic carbocycles. The molecule has 0 fully saturated rings. The van der Waals surface area contributed by atoms with Gasteiger partial charge in [-0.2, -0.15) is 0 Å². The Kier molecular flexibility index (Phi) is 5.02. The lowest BCUT2D eigenvalue weighted by molar-refractivity contribution is 0.414. The molecule has 2 nitrogen and oxygen atoms in total. The molecular formula is C15H15Br2NO. The summed E-state index contributed by atoms with van der Waals surface area (Å²) in [6.45, 7) is 0. The van der Waals surface area contributed by atoms with Crippen molar-refractivity contribution >= 4 is 31.9 Å². The van der Waals surface area contributed by atoms with Crippen molar-refractivity contribution in [3.63, 3.8) is 0 Å². The van der Waals surface area contributed by atoms with Gasteiger partial charge in [0.2, 0.25) is 0 Å². The number of hydrogen-bond donors (Lipinski definition) is 1. The van der Waals surface area contributed by atoms with Crippen LogP contribution in [0.25, 0.3) is 0 Å². The standard InChI is InChI=1S/C15H15Br2NO/c1-18-15(10-3-6-12(19-2)7-4-10)13-8-5-11(16)9-14(13)17/h3-9,15,18H,1-2H3. The minimum atomic E-state index is 0.147. The van der Waals surface area contributed by atoms with E-state index < -0.39 is 0 Å². The van der Waals surface area contributed by atoms with E-state index in [0.29, 0.717) is 0 Å². The fraction of sp³-hybridized carbons (Fsp3) is 0.200. The van der Waals surface area contributed by atoms with Crippen molar-refractivity contribution < 1.29 is 4.74 Å². The van der Waals surface area contributed by atoms with Gasteiger partial charge in [-0.15, -0.1) is 0 Å². The topological polar surface area (TPSA) is 21.3 Å². The molecule has 0 amide bonds. The highest BCUT2D eigenvalue weighted by molar-refractivity contribution is 9.11. The summed E-state index contributed by atoms with van der Waals surface area (Å²) in [4.78, 5) is 0. The van der Waals surface area contributed by atoms with Gasteiger partial charge in [0, 0.05) is 8.95 Å². The van der Waals surface area contributed by atoms with E-state index >= 15 is 0 Å². The molecule has 100 valence electrons. The van der Waals surface area contributed by atoms with E-state index in [0.717, 1.165) is 14.7 Å². The summed E-state index contributed by atoms with van der Waals surface area (Å²) >= 11 is 7.09. The van der Waals surface area contributed by atoms with Gasteiger partial charge in [-0.25, -0.2) is 0 Å². The molecule has 1 unspecified atom stereocenters. The molecule has 0 aromatic heterocycles. The Bertz CT molecular complexity index is 555. The molecule has 2 aromatic carbocycles. The third-order valence-corrected chi connectivity index (χ3v) is 4.19. The lowest BCUT2D eigenvalue weighted by atomic mass is 9.99. The zero-order chi connectivity index (χ0) is 13.8. The number of ether oxygens (including phenoxy) is 1. The predicted octanol–water partition coefficient (Wildman–Crippen LogP) is 4.53. The van der Waals surface area contributed by atoms with Crippen LogP contribution in [0.15, 0.2) is 51.4 Å². The molecule has 1 N–H and O–H groups in total. The van der Waals surface area contributed by atoms with E-state index in [2.05, 4.69) is 61.4 Å². The second-order valence-corrected chi connectivity index (χ2v) is 5.93. The summed E-state index contributed by atoms with van der Waals surface area (Å²) in [5, 5.41) is 3.35. The van der Waals surface area contributed by atoms with Crippen molar-refractivity contribution in [1.82, 2.24) is 5.32 Å². The largest absolute Gasteiger partial charge is 0.497 e. The SMILES string of the molecule is CNC(c1ccc(OC)cc1)c1ccc(Br)cc1Br. The zero-order valence-corrected chi connectivity index (χ0v) is 14.0. The Morgan fingerprint density at radius 2 is 1.74 bits per heavy atom. The minimum absolute atomic E-state index is 0.147. The van der Waals surface area contributed by atoms with Crippen LogP contribution < -0.4 is 10.1 Å². The zero-order valence-electron chi connectivity index (χ0n) is 10.8. The Morgan fingerprint density at radius 1 is 1.05 bits per heavy atom. The molecule has 0 saturated carbocycles. The Hall–Kier alpha value is -0.840. The lowest BCUT2D eigenvalue weighted by Crippen LogP contribution is -2.18. The lowest BCUT2D eigenvalue weighted by Gasteiger charge is -2.19. The Balaban J connectivity index is 2.37. The van der Waals surface area contributed by atoms with Crippen LogP contribution >= 0.6 is 31.9 Å². The molecule has 0 bridgehead atoms. The van der Waals surface area contributed by atoms with Gasteiger partial charge in [0.05, 0.1) is 13.2 Å². The third-order valence-electron chi connectivity index (χ3n) is 3.01. The normalized spacial score (nSPS) is 12.2. The molecule has 0 aliphatic heterocycles. The highest BCUT2D eigenvalue weighted by Gasteiger charge is 2.15. The first-order valence-corrected chi connectivity index (χ1v) is 7.50. The van der Waals surface area contributed by atoms with Crippen molar-refractivity contribution in [2.24, 2.45) is 0 Å². The minimum Gasteiger partial charge on any atom is -0.497 e. The Morgan fingerprint density at radius 3 is 2.26 bits per heavy atom. The highest BCUT2D eigenvalue weighted by Crippen LogP contribution is 2.31. The quantitative estimate of drug-likeness (QED) is 0.836. The molecule has 0 radical (unpaired) electrons. The van der Waals surface area contributed by atoms with Gasteiger partial charge in [-0.1, -0.05) is 50.1 Å². The van der Waals surface area contributed by atoms with Gasteiger partial charge in [0.25, 0.3) is 0 Å². The van der Waals surface area contributed by atoms with Gasteiger partial charge in [-0.3, -0.25) is 0 Å². The molecule has 2 rings (SSSR count). The van der Waals surface area contributed by atoms with Gasteiger partial charge in [0.15, 0.2) is 0 Å². The molecule has 2 aromatic rings. The molecule has 1 atom stereocenters. The van der Waals surface area contributed by atoms with Crippen molar-refractivity contribution in [3.8, 4) is 5.75 Å². The molecular weight excluding hydrogens is 370 g/mol. The number of benzene rings is 2. The molecule has 0 spiro atoms. The van der Waals surface area contributed by atoms with Gasteiger partial charge in [0.1, 0.15) is 5.75 Å². The van der Waals surface area contributed by atoms with E-state index in [9.17, 15) is 0 Å². The van der Waals surface area contributed by atoms with E-state index in [1.807, 2.05) is 25.2 Å². The first-order chi connectivity index (χ1) is 9.15. The van der Waals surface area contributed by atoms with Crippen molar-refractivity contribution in [1.29, 1.82) is 0 Å². The number of nitrogens with one attached hydrogen (secondary N) is 1. The van der Waals surface area contributed by atoms with Crippen LogP contribution in [0, 0.1) is 0 Å². The third kappa shape index (κ3) is 3.38. The second kappa shape index (κ2) is 6.55. The molecule has 19 heavy (non-hydrogen) atoms. The van der Waals surface area contributed by atoms with Gasteiger partial charge in [-0.05, 0) is 42.4 Å². The summed E-state index contributed by atoms with van der Waals surface area (Å²) < 4.78 is 7.34. The second-order valence-electron chi connectivity index (χ2n) is 4.16. The van der Waals surface area contributed by atoms with Crippen LogP contribution in [-0.4, -0.2) is 14.2 Å². The number of halogens is 2. The van der Waals surface area contributed by atoms with E-state index in [4.69, 9.17) is 4.74 Å². The number of rotatable bonds is 4. The summed E-state index contributed by atoms with van der Waals surface area (Å²) in [7, 11) is 3.64. The van der Waals surface area contributed by atoms with E-state index in [1.54, 1.807) is 7.11 Å². The maximum Gasteiger partial charge on any atom is 0.118 e. The highest BCUT2D eigenvalue weighted by atomic mass is 79.9. The van der Waals surface area contributed by atoms with E-state index in [1.165, 1.54) is 11.1 Å². The average Bonchev–Trinajstić information content (AvgIpc) is 2.42. The predicted molar refractivity (Wildman–Crippen MR) is 85.7 cm³/mol. The number of methoxy groups -OCH3 is 1. The van der Waals surface area contributed by atoms with Crippen LogP contribution in [0.1, 0.15) is 17.2 Å². The fourth-order valence-corrected chi connectivity index (χ4v) is 3.31. The molecule has 0 heterocycles. The first-order valence-electron chi connectivity index (χ1n) is 5.92. The molecule has 0 aliphatic rings. The summed E-state index contributed by atoms with van der Waals surface area (Å²) in [5.74, 6) is 0.869. The maximum absolute atomic E-state index is 5.19. The van der Waals surface area contributed by atoms with Crippen molar-refractivity contribution in [2.75, 3.05) is 14.2 Å². The van der Waals surface area contributed by atoms with Crippen LogP contribution in [-0.2, 0) is 0 Å². The van der Waals surface area contributed by atoms with Crippen molar-refractivity contribution in [2.45, 2.75) is 6.04 Å². The average molecular weight is 385 g/mol. The van der Waals surface area contributed by atoms with Crippen LogP contribution in [0.3, 0.4) is 0 Å². The summed E-state index contributed by atoms with van der Waals surface area (Å²) in [6, 6.07) is 14.5. The number of hydrogen-bond acceptors (Lipinski definition) is 2. The van der Waals surface area contributed by atoms with E-state index in [-0.39, 0.29) is 6.04 Å². The molecule has 0 saturated heterocycles. The first kappa shape index (κ1) is 14.6. The fourth-order valence-electron chi connectivity index (χ4n) is 2.03. The Labute approximate surface area is 130 Å².